The quantitative estimate of drug-likeness (QED) is 0.149. The minimum Gasteiger partial charge on any atom is -0.480 e. The number of nitrogens with two attached hydrogens (primary N) is 3. The van der Waals surface area contributed by atoms with Gasteiger partial charge in [-0.15, -0.1) is 0 Å². The Kier molecular flexibility index (Phi) is 11.6. The van der Waals surface area contributed by atoms with Gasteiger partial charge in [0, 0.05) is 13.0 Å². The fourth-order valence-corrected chi connectivity index (χ4v) is 3.88. The average Bonchev–Trinajstić information content (AvgIpc) is 3.22. The summed E-state index contributed by atoms with van der Waals surface area (Å²) in [6, 6.07) is -4.47. The van der Waals surface area contributed by atoms with Crippen LogP contribution in [0.25, 0.3) is 0 Å². The van der Waals surface area contributed by atoms with Gasteiger partial charge in [0.1, 0.15) is 18.1 Å². The van der Waals surface area contributed by atoms with Gasteiger partial charge in [-0.1, -0.05) is 0 Å². The summed E-state index contributed by atoms with van der Waals surface area (Å²) in [6.45, 7) is 0.263. The van der Waals surface area contributed by atoms with Gasteiger partial charge in [0.2, 0.25) is 29.5 Å². The van der Waals surface area contributed by atoms with Gasteiger partial charge in [-0.25, -0.2) is 4.79 Å². The summed E-state index contributed by atoms with van der Waals surface area (Å²) < 4.78 is 0. The van der Waals surface area contributed by atoms with Gasteiger partial charge in [-0.2, -0.15) is 11.8 Å². The predicted octanol–water partition coefficient (Wildman–Crippen LogP) is -2.75. The Morgan fingerprint density at radius 2 is 1.73 bits per heavy atom. The van der Waals surface area contributed by atoms with E-state index in [4.69, 9.17) is 17.2 Å². The summed E-state index contributed by atoms with van der Waals surface area (Å²) in [7, 11) is 0. The van der Waals surface area contributed by atoms with Crippen molar-refractivity contribution in [1.29, 1.82) is 0 Å². The fraction of sp³-hybridized carbons (Fsp3) is 0.684. The molecule has 1 fully saturated rings. The third-order valence-electron chi connectivity index (χ3n) is 5.11. The highest BCUT2D eigenvalue weighted by Crippen LogP contribution is 2.19. The van der Waals surface area contributed by atoms with Gasteiger partial charge < -0.3 is 37.8 Å². The van der Waals surface area contributed by atoms with Gasteiger partial charge >= 0.3 is 5.97 Å². The molecule has 0 spiro atoms. The molecule has 0 aliphatic carbocycles. The zero-order valence-electron chi connectivity index (χ0n) is 18.5. The third-order valence-corrected chi connectivity index (χ3v) is 5.76. The maximum atomic E-state index is 12.9. The van der Waals surface area contributed by atoms with Crippen LogP contribution in [0, 0.1) is 0 Å². The Morgan fingerprint density at radius 3 is 2.27 bits per heavy atom. The molecule has 13 nitrogen and oxygen atoms in total. The lowest BCUT2D eigenvalue weighted by Gasteiger charge is -2.28. The molecule has 0 aromatic heterocycles. The van der Waals surface area contributed by atoms with E-state index in [1.165, 1.54) is 16.7 Å². The molecule has 0 saturated carbocycles. The lowest BCUT2D eigenvalue weighted by atomic mass is 10.1. The Bertz CT molecular complexity index is 765. The Morgan fingerprint density at radius 1 is 1.06 bits per heavy atom. The van der Waals surface area contributed by atoms with Crippen molar-refractivity contribution in [3.8, 4) is 0 Å². The number of amides is 5. The van der Waals surface area contributed by atoms with Gasteiger partial charge in [0.25, 0.3) is 0 Å². The SMILES string of the molecule is CSCCC(NC(=O)C1CCCN1C(=O)C(N)CC(N)=O)C(=O)NC(CCC(N)=O)C(=O)O. The van der Waals surface area contributed by atoms with E-state index < -0.39 is 59.7 Å². The van der Waals surface area contributed by atoms with Gasteiger partial charge in [0.05, 0.1) is 12.5 Å². The molecule has 5 amide bonds. The van der Waals surface area contributed by atoms with Crippen LogP contribution < -0.4 is 27.8 Å². The normalized spacial score (nSPS) is 18.1. The smallest absolute Gasteiger partial charge is 0.326 e. The molecule has 1 heterocycles. The lowest BCUT2D eigenvalue weighted by molar-refractivity contribution is -0.143. The van der Waals surface area contributed by atoms with Crippen LogP contribution in [0.2, 0.25) is 0 Å². The topological polar surface area (TPSA) is 228 Å². The maximum Gasteiger partial charge on any atom is 0.326 e. The first kappa shape index (κ1) is 28.2. The van der Waals surface area contributed by atoms with E-state index in [0.717, 1.165) is 0 Å². The molecule has 1 saturated heterocycles. The van der Waals surface area contributed by atoms with Crippen LogP contribution in [0.1, 0.15) is 38.5 Å². The minimum absolute atomic E-state index is 0.192. The molecule has 4 unspecified atom stereocenters. The number of carbonyl (C=O) groups excluding carboxylic acids is 5. The highest BCUT2D eigenvalue weighted by atomic mass is 32.2. The summed E-state index contributed by atoms with van der Waals surface area (Å²) in [4.78, 5) is 72.9. The lowest BCUT2D eigenvalue weighted by Crippen LogP contribution is -2.57. The van der Waals surface area contributed by atoms with Crippen molar-refractivity contribution < 1.29 is 33.9 Å². The van der Waals surface area contributed by atoms with Crippen LogP contribution in [-0.2, 0) is 28.8 Å². The molecule has 9 N–H and O–H groups in total. The van der Waals surface area contributed by atoms with Crippen LogP contribution in [-0.4, -0.2) is 88.2 Å². The number of primary amides is 2. The number of nitrogens with zero attached hydrogens (tertiary/aromatic N) is 1. The van der Waals surface area contributed by atoms with E-state index in [1.54, 1.807) is 6.26 Å². The zero-order valence-corrected chi connectivity index (χ0v) is 19.3. The molecule has 14 heteroatoms. The molecule has 1 aliphatic heterocycles. The van der Waals surface area contributed by atoms with Crippen LogP contribution >= 0.6 is 11.8 Å². The average molecular weight is 489 g/mol. The molecule has 33 heavy (non-hydrogen) atoms. The van der Waals surface area contributed by atoms with Gasteiger partial charge in [-0.3, -0.25) is 24.0 Å². The molecule has 1 rings (SSSR count). The zero-order chi connectivity index (χ0) is 25.1. The van der Waals surface area contributed by atoms with Crippen molar-refractivity contribution in [2.45, 2.75) is 62.7 Å². The summed E-state index contributed by atoms with van der Waals surface area (Å²) in [5.74, 6) is -4.19. The molecule has 0 aromatic carbocycles. The van der Waals surface area contributed by atoms with Crippen LogP contribution in [0.5, 0.6) is 0 Å². The summed E-state index contributed by atoms with van der Waals surface area (Å²) >= 11 is 1.43. The number of carbonyl (C=O) groups is 6. The minimum atomic E-state index is -1.35. The van der Waals surface area contributed by atoms with E-state index in [9.17, 15) is 33.9 Å². The van der Waals surface area contributed by atoms with Crippen molar-refractivity contribution in [2.24, 2.45) is 17.2 Å². The molecule has 1 aliphatic rings. The van der Waals surface area contributed by atoms with E-state index in [1.807, 2.05) is 0 Å². The first-order valence-electron chi connectivity index (χ1n) is 10.4. The van der Waals surface area contributed by atoms with Crippen LogP contribution in [0.3, 0.4) is 0 Å². The highest BCUT2D eigenvalue weighted by molar-refractivity contribution is 7.98. The molecule has 0 bridgehead atoms. The van der Waals surface area contributed by atoms with E-state index in [2.05, 4.69) is 10.6 Å². The second-order valence-corrected chi connectivity index (χ2v) is 8.70. The molecule has 186 valence electrons. The van der Waals surface area contributed by atoms with Crippen molar-refractivity contribution in [3.05, 3.63) is 0 Å². The first-order valence-corrected chi connectivity index (χ1v) is 11.8. The highest BCUT2D eigenvalue weighted by Gasteiger charge is 2.38. The number of rotatable bonds is 14. The number of carboxylic acid groups (broad SMARTS) is 1. The standard InChI is InChI=1S/C19H32N6O7S/c1-33-8-6-11(16(28)24-12(19(31)32)4-5-14(21)26)23-17(29)13-3-2-7-25(13)18(30)10(20)9-15(22)27/h10-13H,2-9,20H2,1H3,(H2,21,26)(H2,22,27)(H,23,29)(H,24,28)(H,31,32). The number of nitrogens with one attached hydrogen (secondary N) is 2. The van der Waals surface area contributed by atoms with Crippen LogP contribution in [0.15, 0.2) is 0 Å². The number of thioether (sulfide) groups is 1. The number of hydrogen-bond donors (Lipinski definition) is 6. The Balaban J connectivity index is 2.89. The molecule has 4 atom stereocenters. The Hall–Kier alpha value is -2.87. The molecule has 0 aromatic rings. The van der Waals surface area contributed by atoms with E-state index in [0.29, 0.717) is 18.6 Å². The molecular weight excluding hydrogens is 456 g/mol. The fourth-order valence-electron chi connectivity index (χ4n) is 3.41. The summed E-state index contributed by atoms with van der Waals surface area (Å²) in [6.07, 6.45) is 2.11. The van der Waals surface area contributed by atoms with Crippen molar-refractivity contribution in [1.82, 2.24) is 15.5 Å². The third kappa shape index (κ3) is 9.26. The molecular formula is C19H32N6O7S. The summed E-state index contributed by atoms with van der Waals surface area (Å²) in [5, 5.41) is 14.2. The maximum absolute atomic E-state index is 12.9. The van der Waals surface area contributed by atoms with Gasteiger partial charge in [0.15, 0.2) is 0 Å². The number of carboxylic acids is 1. The Labute approximate surface area is 195 Å². The monoisotopic (exact) mass is 488 g/mol. The van der Waals surface area contributed by atoms with Crippen molar-refractivity contribution in [2.75, 3.05) is 18.6 Å². The van der Waals surface area contributed by atoms with E-state index in [-0.39, 0.29) is 32.2 Å². The predicted molar refractivity (Wildman–Crippen MR) is 119 cm³/mol. The number of likely N-dealkylation sites (tertiary alicyclic amines) is 1. The van der Waals surface area contributed by atoms with Crippen molar-refractivity contribution in [3.63, 3.8) is 0 Å². The second kappa shape index (κ2) is 13.6. The largest absolute Gasteiger partial charge is 0.480 e. The number of hydrogen-bond acceptors (Lipinski definition) is 8. The summed E-state index contributed by atoms with van der Waals surface area (Å²) in [5.41, 5.74) is 15.9. The van der Waals surface area contributed by atoms with Crippen LogP contribution in [0.4, 0.5) is 0 Å². The first-order chi connectivity index (χ1) is 15.5. The van der Waals surface area contributed by atoms with E-state index >= 15 is 0 Å². The molecule has 0 radical (unpaired) electrons. The van der Waals surface area contributed by atoms with Gasteiger partial charge in [-0.05, 0) is 37.7 Å². The second-order valence-electron chi connectivity index (χ2n) is 7.71. The number of aliphatic carboxylic acids is 1. The van der Waals surface area contributed by atoms with Crippen molar-refractivity contribution >= 4 is 47.3 Å².